The molecule has 1 N–H and O–H groups in total. The van der Waals surface area contributed by atoms with Crippen molar-refractivity contribution in [2.75, 3.05) is 19.0 Å². The second kappa shape index (κ2) is 7.44. The fourth-order valence-electron chi connectivity index (χ4n) is 3.42. The molecule has 0 spiro atoms. The SMILES string of the molecule is COc1ccc(-n2c(C)nc3ccc(NC(=O)C4CCCO4)cc3c2=O)cc1. The first-order valence-corrected chi connectivity index (χ1v) is 9.17. The molecule has 7 nitrogen and oxygen atoms in total. The van der Waals surface area contributed by atoms with E-state index in [1.54, 1.807) is 48.9 Å². The number of nitrogens with one attached hydrogen (secondary N) is 1. The maximum atomic E-state index is 13.2. The molecule has 1 fully saturated rings. The van der Waals surface area contributed by atoms with E-state index in [0.717, 1.165) is 6.42 Å². The molecule has 7 heteroatoms. The minimum atomic E-state index is -0.428. The van der Waals surface area contributed by atoms with Gasteiger partial charge in [0.1, 0.15) is 17.7 Å². The van der Waals surface area contributed by atoms with Crippen LogP contribution in [0.4, 0.5) is 5.69 Å². The molecule has 1 aliphatic rings. The van der Waals surface area contributed by atoms with Gasteiger partial charge in [0.15, 0.2) is 0 Å². The average Bonchev–Trinajstić information content (AvgIpc) is 3.24. The molecule has 0 aliphatic carbocycles. The van der Waals surface area contributed by atoms with Crippen LogP contribution in [0, 0.1) is 6.92 Å². The van der Waals surface area contributed by atoms with Gasteiger partial charge in [-0.1, -0.05) is 0 Å². The predicted molar refractivity (Wildman–Crippen MR) is 106 cm³/mol. The first kappa shape index (κ1) is 18.2. The third-order valence-corrected chi connectivity index (χ3v) is 4.86. The summed E-state index contributed by atoms with van der Waals surface area (Å²) in [5.41, 5.74) is 1.65. The Morgan fingerprint density at radius 3 is 2.71 bits per heavy atom. The second-order valence-corrected chi connectivity index (χ2v) is 6.72. The minimum absolute atomic E-state index is 0.188. The summed E-state index contributed by atoms with van der Waals surface area (Å²) in [6.45, 7) is 2.39. The van der Waals surface area contributed by atoms with Gasteiger partial charge < -0.3 is 14.8 Å². The van der Waals surface area contributed by atoms with Crippen LogP contribution in [0.15, 0.2) is 47.3 Å². The number of amides is 1. The molecule has 1 atom stereocenters. The number of carbonyl (C=O) groups is 1. The van der Waals surface area contributed by atoms with Crippen molar-refractivity contribution in [2.45, 2.75) is 25.9 Å². The first-order chi connectivity index (χ1) is 13.6. The summed E-state index contributed by atoms with van der Waals surface area (Å²) in [5.74, 6) is 1.11. The Labute approximate surface area is 161 Å². The van der Waals surface area contributed by atoms with Crippen molar-refractivity contribution in [3.05, 3.63) is 58.6 Å². The van der Waals surface area contributed by atoms with Gasteiger partial charge in [0.05, 0.1) is 23.7 Å². The molecule has 3 aromatic rings. The first-order valence-electron chi connectivity index (χ1n) is 9.17. The molecule has 2 aromatic carbocycles. The lowest BCUT2D eigenvalue weighted by Crippen LogP contribution is -2.27. The average molecular weight is 379 g/mol. The van der Waals surface area contributed by atoms with Gasteiger partial charge in [-0.15, -0.1) is 0 Å². The quantitative estimate of drug-likeness (QED) is 0.754. The summed E-state index contributed by atoms with van der Waals surface area (Å²) >= 11 is 0. The third kappa shape index (κ3) is 3.36. The van der Waals surface area contributed by atoms with Crippen LogP contribution in [0.3, 0.4) is 0 Å². The topological polar surface area (TPSA) is 82.4 Å². The van der Waals surface area contributed by atoms with Crippen molar-refractivity contribution in [1.29, 1.82) is 0 Å². The van der Waals surface area contributed by atoms with Crippen molar-refractivity contribution in [3.63, 3.8) is 0 Å². The van der Waals surface area contributed by atoms with E-state index in [-0.39, 0.29) is 11.5 Å². The van der Waals surface area contributed by atoms with Crippen molar-refractivity contribution >= 4 is 22.5 Å². The molecule has 2 heterocycles. The number of hydrogen-bond donors (Lipinski definition) is 1. The Morgan fingerprint density at radius 1 is 1.25 bits per heavy atom. The lowest BCUT2D eigenvalue weighted by molar-refractivity contribution is -0.124. The summed E-state index contributed by atoms with van der Waals surface area (Å²) in [5, 5.41) is 3.27. The standard InChI is InChI=1S/C21H21N3O4/c1-13-22-18-10-5-14(23-20(25)19-4-3-11-28-19)12-17(18)21(26)24(13)15-6-8-16(27-2)9-7-15/h5-10,12,19H,3-4,11H2,1-2H3,(H,23,25). The number of hydrogen-bond acceptors (Lipinski definition) is 5. The third-order valence-electron chi connectivity index (χ3n) is 4.86. The molecular weight excluding hydrogens is 358 g/mol. The minimum Gasteiger partial charge on any atom is -0.497 e. The molecule has 1 aliphatic heterocycles. The molecule has 1 unspecified atom stereocenters. The fraction of sp³-hybridized carbons (Fsp3) is 0.286. The normalized spacial score (nSPS) is 16.3. The van der Waals surface area contributed by atoms with Crippen LogP contribution >= 0.6 is 0 Å². The van der Waals surface area contributed by atoms with E-state index in [0.29, 0.717) is 46.9 Å². The van der Waals surface area contributed by atoms with Crippen LogP contribution in [0.2, 0.25) is 0 Å². The molecule has 0 saturated carbocycles. The van der Waals surface area contributed by atoms with E-state index < -0.39 is 6.10 Å². The maximum absolute atomic E-state index is 13.2. The number of fused-ring (bicyclic) bond motifs is 1. The van der Waals surface area contributed by atoms with E-state index in [4.69, 9.17) is 9.47 Å². The Morgan fingerprint density at radius 2 is 2.04 bits per heavy atom. The lowest BCUT2D eigenvalue weighted by atomic mass is 10.2. The van der Waals surface area contributed by atoms with Gasteiger partial charge in [0.2, 0.25) is 0 Å². The van der Waals surface area contributed by atoms with Gasteiger partial charge >= 0.3 is 0 Å². The number of rotatable bonds is 4. The molecule has 144 valence electrons. The lowest BCUT2D eigenvalue weighted by Gasteiger charge is -2.13. The van der Waals surface area contributed by atoms with Crippen molar-refractivity contribution < 1.29 is 14.3 Å². The molecule has 0 bridgehead atoms. The van der Waals surface area contributed by atoms with Crippen LogP contribution in [0.5, 0.6) is 5.75 Å². The van der Waals surface area contributed by atoms with Crippen molar-refractivity contribution in [1.82, 2.24) is 9.55 Å². The van der Waals surface area contributed by atoms with Crippen LogP contribution in [0.25, 0.3) is 16.6 Å². The number of ether oxygens (including phenoxy) is 2. The summed E-state index contributed by atoms with van der Waals surface area (Å²) in [6.07, 6.45) is 1.17. The zero-order valence-electron chi connectivity index (χ0n) is 15.8. The molecule has 28 heavy (non-hydrogen) atoms. The van der Waals surface area contributed by atoms with Gasteiger partial charge in [-0.2, -0.15) is 0 Å². The highest BCUT2D eigenvalue weighted by Crippen LogP contribution is 2.20. The monoisotopic (exact) mass is 379 g/mol. The van der Waals surface area contributed by atoms with E-state index in [9.17, 15) is 9.59 Å². The summed E-state index contributed by atoms with van der Waals surface area (Å²) in [4.78, 5) is 30.0. The van der Waals surface area contributed by atoms with Gasteiger partial charge in [0, 0.05) is 12.3 Å². The Balaban J connectivity index is 1.73. The van der Waals surface area contributed by atoms with Crippen LogP contribution in [-0.4, -0.2) is 35.3 Å². The zero-order valence-corrected chi connectivity index (χ0v) is 15.8. The van der Waals surface area contributed by atoms with E-state index in [2.05, 4.69) is 10.3 Å². The highest BCUT2D eigenvalue weighted by atomic mass is 16.5. The Bertz CT molecular complexity index is 1080. The number of aryl methyl sites for hydroxylation is 1. The highest BCUT2D eigenvalue weighted by Gasteiger charge is 2.23. The molecule has 1 saturated heterocycles. The predicted octanol–water partition coefficient (Wildman–Crippen LogP) is 2.82. The van der Waals surface area contributed by atoms with E-state index in [1.807, 2.05) is 12.1 Å². The van der Waals surface area contributed by atoms with Gasteiger partial charge in [-0.3, -0.25) is 14.2 Å². The Kier molecular flexibility index (Phi) is 4.83. The van der Waals surface area contributed by atoms with Crippen LogP contribution in [-0.2, 0) is 9.53 Å². The van der Waals surface area contributed by atoms with E-state index in [1.165, 1.54) is 0 Å². The van der Waals surface area contributed by atoms with Gasteiger partial charge in [-0.05, 0) is 62.2 Å². The smallest absolute Gasteiger partial charge is 0.266 e. The summed E-state index contributed by atoms with van der Waals surface area (Å²) in [6, 6.07) is 12.4. The number of benzene rings is 2. The molecule has 1 amide bonds. The highest BCUT2D eigenvalue weighted by molar-refractivity contribution is 5.96. The van der Waals surface area contributed by atoms with Crippen LogP contribution in [0.1, 0.15) is 18.7 Å². The largest absolute Gasteiger partial charge is 0.497 e. The summed E-state index contributed by atoms with van der Waals surface area (Å²) < 4.78 is 12.1. The van der Waals surface area contributed by atoms with Gasteiger partial charge in [-0.25, -0.2) is 4.98 Å². The van der Waals surface area contributed by atoms with Crippen molar-refractivity contribution in [2.24, 2.45) is 0 Å². The number of carbonyl (C=O) groups excluding carboxylic acids is 1. The van der Waals surface area contributed by atoms with Gasteiger partial charge in [0.25, 0.3) is 11.5 Å². The zero-order chi connectivity index (χ0) is 19.7. The number of nitrogens with zero attached hydrogens (tertiary/aromatic N) is 2. The molecule has 0 radical (unpaired) electrons. The number of anilines is 1. The number of aromatic nitrogens is 2. The molecule has 1 aromatic heterocycles. The van der Waals surface area contributed by atoms with Crippen molar-refractivity contribution in [3.8, 4) is 11.4 Å². The van der Waals surface area contributed by atoms with Crippen LogP contribution < -0.4 is 15.6 Å². The second-order valence-electron chi connectivity index (χ2n) is 6.72. The van der Waals surface area contributed by atoms with E-state index >= 15 is 0 Å². The molecular formula is C21H21N3O4. The Hall–Kier alpha value is -3.19. The maximum Gasteiger partial charge on any atom is 0.266 e. The fourth-order valence-corrected chi connectivity index (χ4v) is 3.42. The molecule has 4 rings (SSSR count). The number of methoxy groups -OCH3 is 1. The summed E-state index contributed by atoms with van der Waals surface area (Å²) in [7, 11) is 1.59.